The summed E-state index contributed by atoms with van der Waals surface area (Å²) >= 11 is 0. The SMILES string of the molecule is COc1cc(C)c(C)cc1C(=O)Nc1ccc2cn[nH]c2c1. The standard InChI is InChI=1S/C17H17N3O2/c1-10-6-14(16(22-3)7-11(10)2)17(21)19-13-5-4-12-9-18-20-15(12)8-13/h4-9H,1-3H3,(H,18,20)(H,19,21). The van der Waals surface area contributed by atoms with E-state index >= 15 is 0 Å². The number of hydrogen-bond acceptors (Lipinski definition) is 3. The Morgan fingerprint density at radius 2 is 1.95 bits per heavy atom. The molecule has 112 valence electrons. The van der Waals surface area contributed by atoms with Gasteiger partial charge in [0.15, 0.2) is 0 Å². The zero-order chi connectivity index (χ0) is 15.7. The van der Waals surface area contributed by atoms with Gasteiger partial charge in [0.2, 0.25) is 0 Å². The molecule has 22 heavy (non-hydrogen) atoms. The van der Waals surface area contributed by atoms with Gasteiger partial charge in [0.25, 0.3) is 5.91 Å². The summed E-state index contributed by atoms with van der Waals surface area (Å²) in [5.41, 5.74) is 4.25. The summed E-state index contributed by atoms with van der Waals surface area (Å²) < 4.78 is 5.32. The molecule has 0 spiro atoms. The largest absolute Gasteiger partial charge is 0.496 e. The summed E-state index contributed by atoms with van der Waals surface area (Å²) in [6.45, 7) is 3.97. The van der Waals surface area contributed by atoms with Crippen molar-refractivity contribution in [1.29, 1.82) is 0 Å². The van der Waals surface area contributed by atoms with E-state index < -0.39 is 0 Å². The van der Waals surface area contributed by atoms with Crippen LogP contribution >= 0.6 is 0 Å². The lowest BCUT2D eigenvalue weighted by molar-refractivity contribution is 0.102. The summed E-state index contributed by atoms with van der Waals surface area (Å²) in [7, 11) is 1.57. The molecule has 0 saturated carbocycles. The molecule has 5 nitrogen and oxygen atoms in total. The minimum absolute atomic E-state index is 0.196. The van der Waals surface area contributed by atoms with Crippen LogP contribution in [0, 0.1) is 13.8 Å². The smallest absolute Gasteiger partial charge is 0.259 e. The van der Waals surface area contributed by atoms with E-state index in [0.29, 0.717) is 17.0 Å². The molecule has 2 aromatic carbocycles. The number of carbonyl (C=O) groups is 1. The topological polar surface area (TPSA) is 67.0 Å². The van der Waals surface area contributed by atoms with Gasteiger partial charge in [0.1, 0.15) is 5.75 Å². The Kier molecular flexibility index (Phi) is 3.55. The quantitative estimate of drug-likeness (QED) is 0.777. The van der Waals surface area contributed by atoms with E-state index in [2.05, 4.69) is 15.5 Å². The predicted octanol–water partition coefficient (Wildman–Crippen LogP) is 3.44. The zero-order valence-electron chi connectivity index (χ0n) is 12.7. The van der Waals surface area contributed by atoms with Gasteiger partial charge >= 0.3 is 0 Å². The normalized spacial score (nSPS) is 10.7. The van der Waals surface area contributed by atoms with Crippen molar-refractivity contribution >= 4 is 22.5 Å². The van der Waals surface area contributed by atoms with Crippen LogP contribution in [0.1, 0.15) is 21.5 Å². The molecule has 0 aliphatic heterocycles. The van der Waals surface area contributed by atoms with Crippen LogP contribution < -0.4 is 10.1 Å². The Hall–Kier alpha value is -2.82. The van der Waals surface area contributed by atoms with Crippen molar-refractivity contribution in [2.75, 3.05) is 12.4 Å². The van der Waals surface area contributed by atoms with Crippen molar-refractivity contribution in [2.45, 2.75) is 13.8 Å². The highest BCUT2D eigenvalue weighted by Crippen LogP contribution is 2.25. The minimum atomic E-state index is -0.196. The van der Waals surface area contributed by atoms with Gasteiger partial charge in [-0.15, -0.1) is 0 Å². The van der Waals surface area contributed by atoms with Crippen molar-refractivity contribution in [1.82, 2.24) is 10.2 Å². The molecule has 0 bridgehead atoms. The number of nitrogens with one attached hydrogen (secondary N) is 2. The number of ether oxygens (including phenoxy) is 1. The van der Waals surface area contributed by atoms with Gasteiger partial charge in [0.05, 0.1) is 24.4 Å². The highest BCUT2D eigenvalue weighted by atomic mass is 16.5. The van der Waals surface area contributed by atoms with Crippen molar-refractivity contribution < 1.29 is 9.53 Å². The lowest BCUT2D eigenvalue weighted by Gasteiger charge is -2.12. The number of carbonyl (C=O) groups excluding carboxylic acids is 1. The van der Waals surface area contributed by atoms with Crippen LogP contribution in [0.25, 0.3) is 10.9 Å². The van der Waals surface area contributed by atoms with E-state index in [4.69, 9.17) is 4.74 Å². The van der Waals surface area contributed by atoms with Gasteiger partial charge in [-0.05, 0) is 55.3 Å². The molecule has 0 radical (unpaired) electrons. The van der Waals surface area contributed by atoms with Crippen molar-refractivity contribution in [3.8, 4) is 5.75 Å². The Morgan fingerprint density at radius 3 is 2.73 bits per heavy atom. The lowest BCUT2D eigenvalue weighted by Crippen LogP contribution is -2.13. The highest BCUT2D eigenvalue weighted by Gasteiger charge is 2.14. The fourth-order valence-electron chi connectivity index (χ4n) is 2.35. The molecule has 1 heterocycles. The van der Waals surface area contributed by atoms with Gasteiger partial charge in [-0.3, -0.25) is 9.89 Å². The minimum Gasteiger partial charge on any atom is -0.496 e. The van der Waals surface area contributed by atoms with Crippen LogP contribution in [-0.2, 0) is 0 Å². The molecular formula is C17H17N3O2. The molecule has 2 N–H and O–H groups in total. The maximum Gasteiger partial charge on any atom is 0.259 e. The number of methoxy groups -OCH3 is 1. The molecule has 1 amide bonds. The van der Waals surface area contributed by atoms with Crippen molar-refractivity contribution in [3.05, 3.63) is 53.2 Å². The van der Waals surface area contributed by atoms with E-state index in [9.17, 15) is 4.79 Å². The number of anilines is 1. The average Bonchev–Trinajstić information content (AvgIpc) is 2.97. The van der Waals surface area contributed by atoms with Crippen LogP contribution in [0.3, 0.4) is 0 Å². The van der Waals surface area contributed by atoms with E-state index in [0.717, 1.165) is 22.0 Å². The van der Waals surface area contributed by atoms with Crippen LogP contribution in [0.4, 0.5) is 5.69 Å². The maximum absolute atomic E-state index is 12.5. The summed E-state index contributed by atoms with van der Waals surface area (Å²) in [5, 5.41) is 10.8. The van der Waals surface area contributed by atoms with Crippen LogP contribution in [0.2, 0.25) is 0 Å². The number of H-pyrrole nitrogens is 1. The molecule has 3 rings (SSSR count). The van der Waals surface area contributed by atoms with E-state index in [-0.39, 0.29) is 5.91 Å². The lowest BCUT2D eigenvalue weighted by atomic mass is 10.0. The number of fused-ring (bicyclic) bond motifs is 1. The van der Waals surface area contributed by atoms with E-state index in [1.807, 2.05) is 44.2 Å². The predicted molar refractivity (Wildman–Crippen MR) is 86.5 cm³/mol. The van der Waals surface area contributed by atoms with Gasteiger partial charge < -0.3 is 10.1 Å². The zero-order valence-corrected chi connectivity index (χ0v) is 12.7. The summed E-state index contributed by atoms with van der Waals surface area (Å²) in [5.74, 6) is 0.377. The Morgan fingerprint density at radius 1 is 1.18 bits per heavy atom. The summed E-state index contributed by atoms with van der Waals surface area (Å²) in [6.07, 6.45) is 1.74. The number of aromatic amines is 1. The first-order valence-electron chi connectivity index (χ1n) is 6.98. The van der Waals surface area contributed by atoms with E-state index in [1.165, 1.54) is 0 Å². The average molecular weight is 295 g/mol. The highest BCUT2D eigenvalue weighted by molar-refractivity contribution is 6.07. The second-order valence-corrected chi connectivity index (χ2v) is 5.26. The Balaban J connectivity index is 1.92. The summed E-state index contributed by atoms with van der Waals surface area (Å²) in [6, 6.07) is 9.34. The van der Waals surface area contributed by atoms with Gasteiger partial charge in [-0.1, -0.05) is 0 Å². The third-order valence-corrected chi connectivity index (χ3v) is 3.76. The third kappa shape index (κ3) is 2.53. The van der Waals surface area contributed by atoms with Crippen molar-refractivity contribution in [3.63, 3.8) is 0 Å². The van der Waals surface area contributed by atoms with Gasteiger partial charge in [0, 0.05) is 11.1 Å². The number of benzene rings is 2. The molecule has 0 atom stereocenters. The monoisotopic (exact) mass is 295 g/mol. The van der Waals surface area contributed by atoms with Gasteiger partial charge in [-0.25, -0.2) is 0 Å². The fourth-order valence-corrected chi connectivity index (χ4v) is 2.35. The maximum atomic E-state index is 12.5. The number of nitrogens with zero attached hydrogens (tertiary/aromatic N) is 1. The molecule has 0 unspecified atom stereocenters. The number of aryl methyl sites for hydroxylation is 2. The molecule has 0 saturated heterocycles. The molecule has 0 aliphatic rings. The van der Waals surface area contributed by atoms with Crippen molar-refractivity contribution in [2.24, 2.45) is 0 Å². The first-order valence-corrected chi connectivity index (χ1v) is 6.98. The molecule has 0 aliphatic carbocycles. The molecule has 0 fully saturated rings. The molecular weight excluding hydrogens is 278 g/mol. The molecule has 5 heteroatoms. The second-order valence-electron chi connectivity index (χ2n) is 5.26. The first-order chi connectivity index (χ1) is 10.6. The number of hydrogen-bond donors (Lipinski definition) is 2. The molecule has 3 aromatic rings. The number of rotatable bonds is 3. The van der Waals surface area contributed by atoms with Crippen LogP contribution in [0.15, 0.2) is 36.5 Å². The number of aromatic nitrogens is 2. The van der Waals surface area contributed by atoms with E-state index in [1.54, 1.807) is 13.3 Å². The third-order valence-electron chi connectivity index (χ3n) is 3.76. The molecule has 1 aromatic heterocycles. The first kappa shape index (κ1) is 14.1. The van der Waals surface area contributed by atoms with Crippen LogP contribution in [-0.4, -0.2) is 23.2 Å². The number of amides is 1. The Bertz CT molecular complexity index is 852. The second kappa shape index (κ2) is 5.52. The Labute approximate surface area is 128 Å². The summed E-state index contributed by atoms with van der Waals surface area (Å²) in [4.78, 5) is 12.5. The van der Waals surface area contributed by atoms with Gasteiger partial charge in [-0.2, -0.15) is 5.10 Å². The van der Waals surface area contributed by atoms with Crippen LogP contribution in [0.5, 0.6) is 5.75 Å². The fraction of sp³-hybridized carbons (Fsp3) is 0.176.